The van der Waals surface area contributed by atoms with Gasteiger partial charge in [0.05, 0.1) is 27.7 Å². The fourth-order valence-corrected chi connectivity index (χ4v) is 3.60. The molecule has 1 heterocycles. The van der Waals surface area contributed by atoms with Crippen LogP contribution >= 0.6 is 35.0 Å². The SMILES string of the molecule is CNC(=O)CSc1ncc(-c2ccc(Cl)c(Cl)c2)n1-c1ccc(C)cc1. The summed E-state index contributed by atoms with van der Waals surface area (Å²) in [5.41, 5.74) is 3.92. The molecule has 0 fully saturated rings. The number of aryl methyl sites for hydroxylation is 1. The van der Waals surface area contributed by atoms with E-state index in [1.54, 1.807) is 19.3 Å². The molecule has 3 rings (SSSR count). The van der Waals surface area contributed by atoms with Crippen molar-refractivity contribution in [3.63, 3.8) is 0 Å². The standard InChI is InChI=1S/C19H17Cl2N3OS/c1-12-3-6-14(7-4-12)24-17(13-5-8-15(20)16(21)9-13)10-23-19(24)26-11-18(25)22-2/h3-10H,11H2,1-2H3,(H,22,25). The Morgan fingerprint density at radius 2 is 1.88 bits per heavy atom. The van der Waals surface area contributed by atoms with Gasteiger partial charge < -0.3 is 5.32 Å². The summed E-state index contributed by atoms with van der Waals surface area (Å²) in [4.78, 5) is 16.2. The average Bonchev–Trinajstić information content (AvgIpc) is 3.06. The van der Waals surface area contributed by atoms with Crippen LogP contribution in [0.3, 0.4) is 0 Å². The van der Waals surface area contributed by atoms with Crippen LogP contribution < -0.4 is 5.32 Å². The van der Waals surface area contributed by atoms with Crippen molar-refractivity contribution in [3.05, 3.63) is 64.3 Å². The van der Waals surface area contributed by atoms with E-state index in [4.69, 9.17) is 23.2 Å². The molecule has 26 heavy (non-hydrogen) atoms. The predicted molar refractivity (Wildman–Crippen MR) is 109 cm³/mol. The summed E-state index contributed by atoms with van der Waals surface area (Å²) in [5, 5.41) is 4.35. The number of rotatable bonds is 5. The fraction of sp³-hybridized carbons (Fsp3) is 0.158. The first-order valence-electron chi connectivity index (χ1n) is 7.93. The third-order valence-electron chi connectivity index (χ3n) is 3.85. The van der Waals surface area contributed by atoms with Gasteiger partial charge in [0, 0.05) is 18.3 Å². The molecule has 0 aliphatic rings. The maximum absolute atomic E-state index is 11.6. The number of imidazole rings is 1. The first-order valence-corrected chi connectivity index (χ1v) is 9.67. The number of hydrogen-bond acceptors (Lipinski definition) is 3. The highest BCUT2D eigenvalue weighted by molar-refractivity contribution is 7.99. The molecule has 0 aliphatic carbocycles. The summed E-state index contributed by atoms with van der Waals surface area (Å²) in [7, 11) is 1.62. The second kappa shape index (κ2) is 8.16. The zero-order valence-electron chi connectivity index (χ0n) is 14.3. The number of aromatic nitrogens is 2. The summed E-state index contributed by atoms with van der Waals surface area (Å²) < 4.78 is 2.02. The minimum absolute atomic E-state index is 0.0513. The Hall–Kier alpha value is -1.95. The Bertz CT molecular complexity index is 938. The zero-order chi connectivity index (χ0) is 18.7. The van der Waals surface area contributed by atoms with E-state index in [0.29, 0.717) is 15.8 Å². The lowest BCUT2D eigenvalue weighted by molar-refractivity contribution is -0.118. The van der Waals surface area contributed by atoms with Crippen LogP contribution in [0, 0.1) is 6.92 Å². The molecule has 0 spiro atoms. The highest BCUT2D eigenvalue weighted by Crippen LogP contribution is 2.33. The minimum atomic E-state index is -0.0513. The molecule has 1 amide bonds. The topological polar surface area (TPSA) is 46.9 Å². The number of nitrogens with one attached hydrogen (secondary N) is 1. The molecule has 0 atom stereocenters. The average molecular weight is 406 g/mol. The zero-order valence-corrected chi connectivity index (χ0v) is 16.6. The maximum Gasteiger partial charge on any atom is 0.230 e. The number of carbonyl (C=O) groups is 1. The van der Waals surface area contributed by atoms with Crippen LogP contribution in [0.5, 0.6) is 0 Å². The number of hydrogen-bond donors (Lipinski definition) is 1. The summed E-state index contributed by atoms with van der Waals surface area (Å²) in [6.07, 6.45) is 1.78. The van der Waals surface area contributed by atoms with Crippen molar-refractivity contribution >= 4 is 40.9 Å². The lowest BCUT2D eigenvalue weighted by Gasteiger charge is -2.13. The summed E-state index contributed by atoms with van der Waals surface area (Å²) in [6.45, 7) is 2.04. The lowest BCUT2D eigenvalue weighted by atomic mass is 10.1. The van der Waals surface area contributed by atoms with Crippen LogP contribution in [0.2, 0.25) is 10.0 Å². The fourth-order valence-electron chi connectivity index (χ4n) is 2.44. The van der Waals surface area contributed by atoms with E-state index in [9.17, 15) is 4.79 Å². The smallest absolute Gasteiger partial charge is 0.230 e. The first kappa shape index (κ1) is 18.8. The van der Waals surface area contributed by atoms with Crippen LogP contribution in [0.4, 0.5) is 0 Å². The van der Waals surface area contributed by atoms with Crippen molar-refractivity contribution < 1.29 is 4.79 Å². The third kappa shape index (κ3) is 4.06. The molecule has 4 nitrogen and oxygen atoms in total. The van der Waals surface area contributed by atoms with E-state index in [1.165, 1.54) is 17.3 Å². The van der Waals surface area contributed by atoms with Crippen LogP contribution in [-0.2, 0) is 4.79 Å². The van der Waals surface area contributed by atoms with Gasteiger partial charge in [0.2, 0.25) is 5.91 Å². The van der Waals surface area contributed by atoms with Crippen molar-refractivity contribution in [2.45, 2.75) is 12.1 Å². The molecule has 0 radical (unpaired) electrons. The Morgan fingerprint density at radius 3 is 2.54 bits per heavy atom. The van der Waals surface area contributed by atoms with Crippen molar-refractivity contribution in [1.29, 1.82) is 0 Å². The Balaban J connectivity index is 2.09. The molecule has 0 aliphatic heterocycles. The third-order valence-corrected chi connectivity index (χ3v) is 5.54. The Morgan fingerprint density at radius 1 is 1.15 bits per heavy atom. The largest absolute Gasteiger partial charge is 0.358 e. The molecule has 134 valence electrons. The molecule has 1 N–H and O–H groups in total. The van der Waals surface area contributed by atoms with Gasteiger partial charge in [-0.25, -0.2) is 4.98 Å². The number of amides is 1. The lowest BCUT2D eigenvalue weighted by Crippen LogP contribution is -2.20. The molecule has 0 saturated heterocycles. The van der Waals surface area contributed by atoms with Gasteiger partial charge in [0.25, 0.3) is 0 Å². The highest BCUT2D eigenvalue weighted by atomic mass is 35.5. The van der Waals surface area contributed by atoms with Gasteiger partial charge in [-0.3, -0.25) is 9.36 Å². The number of benzene rings is 2. The van der Waals surface area contributed by atoms with E-state index in [0.717, 1.165) is 22.1 Å². The number of carbonyl (C=O) groups excluding carboxylic acids is 1. The van der Waals surface area contributed by atoms with Gasteiger partial charge in [-0.2, -0.15) is 0 Å². The van der Waals surface area contributed by atoms with Crippen molar-refractivity contribution in [1.82, 2.24) is 14.9 Å². The van der Waals surface area contributed by atoms with Gasteiger partial charge in [0.15, 0.2) is 5.16 Å². The van der Waals surface area contributed by atoms with Crippen molar-refractivity contribution in [2.24, 2.45) is 0 Å². The van der Waals surface area contributed by atoms with E-state index in [-0.39, 0.29) is 5.91 Å². The van der Waals surface area contributed by atoms with Crippen LogP contribution in [0.25, 0.3) is 16.9 Å². The summed E-state index contributed by atoms with van der Waals surface area (Å²) in [5.74, 6) is 0.241. The van der Waals surface area contributed by atoms with Gasteiger partial charge in [-0.1, -0.05) is 58.7 Å². The van der Waals surface area contributed by atoms with Gasteiger partial charge in [-0.05, 0) is 31.2 Å². The van der Waals surface area contributed by atoms with Crippen LogP contribution in [0.15, 0.2) is 53.8 Å². The molecule has 0 bridgehead atoms. The quantitative estimate of drug-likeness (QED) is 0.607. The van der Waals surface area contributed by atoms with E-state index >= 15 is 0 Å². The maximum atomic E-state index is 11.6. The normalized spacial score (nSPS) is 10.8. The van der Waals surface area contributed by atoms with Gasteiger partial charge in [0.1, 0.15) is 0 Å². The van der Waals surface area contributed by atoms with E-state index in [2.05, 4.69) is 10.3 Å². The molecular weight excluding hydrogens is 389 g/mol. The van der Waals surface area contributed by atoms with Crippen molar-refractivity contribution in [3.8, 4) is 16.9 Å². The number of halogens is 2. The first-order chi connectivity index (χ1) is 12.5. The predicted octanol–water partition coefficient (Wildman–Crippen LogP) is 4.99. The summed E-state index contributed by atoms with van der Waals surface area (Å²) in [6, 6.07) is 13.6. The monoisotopic (exact) mass is 405 g/mol. The molecule has 0 unspecified atom stereocenters. The molecule has 0 saturated carbocycles. The minimum Gasteiger partial charge on any atom is -0.358 e. The molecular formula is C19H17Cl2N3OS. The highest BCUT2D eigenvalue weighted by Gasteiger charge is 2.16. The Labute approximate surface area is 166 Å². The number of nitrogens with zero attached hydrogens (tertiary/aromatic N) is 2. The molecule has 7 heteroatoms. The second-order valence-corrected chi connectivity index (χ2v) is 7.44. The molecule has 3 aromatic rings. The van der Waals surface area contributed by atoms with Crippen LogP contribution in [0.1, 0.15) is 5.56 Å². The van der Waals surface area contributed by atoms with Gasteiger partial charge >= 0.3 is 0 Å². The molecule has 1 aromatic heterocycles. The van der Waals surface area contributed by atoms with Crippen LogP contribution in [-0.4, -0.2) is 28.3 Å². The van der Waals surface area contributed by atoms with Crippen molar-refractivity contribution in [2.75, 3.05) is 12.8 Å². The summed E-state index contributed by atoms with van der Waals surface area (Å²) >= 11 is 13.6. The second-order valence-electron chi connectivity index (χ2n) is 5.69. The van der Waals surface area contributed by atoms with E-state index < -0.39 is 0 Å². The molecule has 2 aromatic carbocycles. The van der Waals surface area contributed by atoms with E-state index in [1.807, 2.05) is 47.9 Å². The van der Waals surface area contributed by atoms with Gasteiger partial charge in [-0.15, -0.1) is 0 Å². The Kier molecular flexibility index (Phi) is 5.91. The number of thioether (sulfide) groups is 1.